The Morgan fingerprint density at radius 3 is 2.87 bits per heavy atom. The molecule has 2 N–H and O–H groups in total. The normalized spacial score (nSPS) is 12.8. The maximum Gasteiger partial charge on any atom is 0.246 e. The fourth-order valence-electron chi connectivity index (χ4n) is 1.02. The Bertz CT molecular complexity index is 297. The molecule has 0 radical (unpaired) electrons. The maximum atomic E-state index is 11.4. The lowest BCUT2D eigenvalue weighted by molar-refractivity contribution is -0.127. The highest BCUT2D eigenvalue weighted by Gasteiger charge is 2.11. The second-order valence-electron chi connectivity index (χ2n) is 3.52. The largest absolute Gasteiger partial charge is 0.369 e. The van der Waals surface area contributed by atoms with Crippen LogP contribution in [0.25, 0.3) is 0 Å². The molecule has 0 fully saturated rings. The Balaban J connectivity index is 2.32. The van der Waals surface area contributed by atoms with Gasteiger partial charge in [-0.25, -0.2) is 4.98 Å². The number of H-pyrrole nitrogens is 1. The first-order chi connectivity index (χ1) is 7.09. The van der Waals surface area contributed by atoms with Crippen molar-refractivity contribution in [1.82, 2.24) is 20.5 Å². The van der Waals surface area contributed by atoms with Crippen LogP contribution in [0, 0.1) is 0 Å². The van der Waals surface area contributed by atoms with E-state index in [2.05, 4.69) is 20.5 Å². The third kappa shape index (κ3) is 4.07. The zero-order valence-corrected chi connectivity index (χ0v) is 9.15. The maximum absolute atomic E-state index is 11.4. The van der Waals surface area contributed by atoms with Crippen LogP contribution < -0.4 is 5.32 Å². The van der Waals surface area contributed by atoms with Crippen LogP contribution in [0.4, 0.5) is 0 Å². The van der Waals surface area contributed by atoms with Crippen molar-refractivity contribution in [2.24, 2.45) is 0 Å². The van der Waals surface area contributed by atoms with Gasteiger partial charge in [0.15, 0.2) is 0 Å². The molecule has 1 unspecified atom stereocenters. The number of carbonyl (C=O) groups excluding carboxylic acids is 1. The van der Waals surface area contributed by atoms with Gasteiger partial charge in [-0.2, -0.15) is 5.10 Å². The lowest BCUT2D eigenvalue weighted by Gasteiger charge is -2.12. The minimum Gasteiger partial charge on any atom is -0.369 e. The summed E-state index contributed by atoms with van der Waals surface area (Å²) in [5, 5.41) is 9.14. The minimum atomic E-state index is -0.184. The number of hydrogen-bond acceptors (Lipinski definition) is 4. The van der Waals surface area contributed by atoms with E-state index >= 15 is 0 Å². The molecule has 0 aliphatic carbocycles. The summed E-state index contributed by atoms with van der Waals surface area (Å²) in [4.78, 5) is 15.3. The first-order valence-electron chi connectivity index (χ1n) is 4.86. The van der Waals surface area contributed by atoms with Crippen LogP contribution in [0.3, 0.4) is 0 Å². The van der Waals surface area contributed by atoms with E-state index in [1.165, 1.54) is 6.33 Å². The standard InChI is InChI=1S/C9H16N4O2/c1-6(2)15-4-8(14)12-7(3)9-10-5-11-13-9/h5-7H,4H2,1-3H3,(H,12,14)(H,10,11,13). The van der Waals surface area contributed by atoms with Gasteiger partial charge in [0.05, 0.1) is 12.1 Å². The van der Waals surface area contributed by atoms with Crippen molar-refractivity contribution in [3.63, 3.8) is 0 Å². The number of aromatic nitrogens is 3. The van der Waals surface area contributed by atoms with Crippen molar-refractivity contribution in [2.45, 2.75) is 32.9 Å². The Morgan fingerprint density at radius 1 is 1.60 bits per heavy atom. The van der Waals surface area contributed by atoms with E-state index < -0.39 is 0 Å². The van der Waals surface area contributed by atoms with Gasteiger partial charge in [-0.15, -0.1) is 0 Å². The van der Waals surface area contributed by atoms with Gasteiger partial charge in [0.2, 0.25) is 5.91 Å². The Labute approximate surface area is 88.4 Å². The van der Waals surface area contributed by atoms with E-state index in [9.17, 15) is 4.79 Å². The average molecular weight is 212 g/mol. The molecule has 0 bridgehead atoms. The lowest BCUT2D eigenvalue weighted by atomic mass is 10.3. The molecular weight excluding hydrogens is 196 g/mol. The van der Waals surface area contributed by atoms with Gasteiger partial charge in [0.25, 0.3) is 0 Å². The summed E-state index contributed by atoms with van der Waals surface area (Å²) in [7, 11) is 0. The van der Waals surface area contributed by atoms with E-state index in [0.29, 0.717) is 5.82 Å². The molecule has 1 aromatic rings. The molecule has 0 spiro atoms. The van der Waals surface area contributed by atoms with Crippen LogP contribution in [-0.4, -0.2) is 33.8 Å². The molecule has 1 amide bonds. The molecule has 1 aromatic heterocycles. The highest BCUT2D eigenvalue weighted by Crippen LogP contribution is 2.03. The van der Waals surface area contributed by atoms with Crippen molar-refractivity contribution in [3.05, 3.63) is 12.2 Å². The summed E-state index contributed by atoms with van der Waals surface area (Å²) in [5.41, 5.74) is 0. The van der Waals surface area contributed by atoms with Crippen LogP contribution in [0.2, 0.25) is 0 Å². The fraction of sp³-hybridized carbons (Fsp3) is 0.667. The van der Waals surface area contributed by atoms with E-state index in [1.54, 1.807) is 0 Å². The minimum absolute atomic E-state index is 0.0522. The summed E-state index contributed by atoms with van der Waals surface area (Å²) in [6.45, 7) is 5.66. The van der Waals surface area contributed by atoms with Gasteiger partial charge < -0.3 is 10.1 Å². The number of amides is 1. The van der Waals surface area contributed by atoms with Crippen LogP contribution in [0.1, 0.15) is 32.6 Å². The third-order valence-electron chi connectivity index (χ3n) is 1.77. The van der Waals surface area contributed by atoms with Crippen molar-refractivity contribution < 1.29 is 9.53 Å². The molecular formula is C9H16N4O2. The SMILES string of the molecule is CC(C)OCC(=O)NC(C)c1ncn[nH]1. The predicted molar refractivity (Wildman–Crippen MR) is 54.0 cm³/mol. The van der Waals surface area contributed by atoms with Gasteiger partial charge in [-0.3, -0.25) is 9.89 Å². The van der Waals surface area contributed by atoms with Crippen molar-refractivity contribution in [3.8, 4) is 0 Å². The van der Waals surface area contributed by atoms with Gasteiger partial charge in [-0.1, -0.05) is 0 Å². The van der Waals surface area contributed by atoms with Crippen molar-refractivity contribution >= 4 is 5.91 Å². The number of carbonyl (C=O) groups is 1. The summed E-state index contributed by atoms with van der Waals surface area (Å²) in [6.07, 6.45) is 1.46. The topological polar surface area (TPSA) is 79.9 Å². The molecule has 6 nitrogen and oxygen atoms in total. The highest BCUT2D eigenvalue weighted by atomic mass is 16.5. The quantitative estimate of drug-likeness (QED) is 0.740. The summed E-state index contributed by atoms with van der Waals surface area (Å²) < 4.78 is 5.16. The van der Waals surface area contributed by atoms with Crippen LogP contribution in [0.5, 0.6) is 0 Å². The smallest absolute Gasteiger partial charge is 0.246 e. The predicted octanol–water partition coefficient (Wildman–Crippen LogP) is 0.407. The number of nitrogens with zero attached hydrogens (tertiary/aromatic N) is 2. The molecule has 84 valence electrons. The van der Waals surface area contributed by atoms with E-state index in [0.717, 1.165) is 0 Å². The second kappa shape index (κ2) is 5.45. The van der Waals surface area contributed by atoms with Gasteiger partial charge in [-0.05, 0) is 20.8 Å². The molecule has 1 atom stereocenters. The number of rotatable bonds is 5. The summed E-state index contributed by atoms with van der Waals surface area (Å²) in [6, 6.07) is -0.184. The highest BCUT2D eigenvalue weighted by molar-refractivity contribution is 5.77. The third-order valence-corrected chi connectivity index (χ3v) is 1.77. The Morgan fingerprint density at radius 2 is 2.33 bits per heavy atom. The van der Waals surface area contributed by atoms with Crippen LogP contribution in [-0.2, 0) is 9.53 Å². The van der Waals surface area contributed by atoms with Gasteiger partial charge in [0, 0.05) is 0 Å². The van der Waals surface area contributed by atoms with E-state index in [1.807, 2.05) is 20.8 Å². The lowest BCUT2D eigenvalue weighted by Crippen LogP contribution is -2.31. The molecule has 6 heteroatoms. The number of hydrogen-bond donors (Lipinski definition) is 2. The molecule has 0 saturated carbocycles. The Kier molecular flexibility index (Phi) is 4.23. The van der Waals surface area contributed by atoms with Crippen molar-refractivity contribution in [1.29, 1.82) is 0 Å². The second-order valence-corrected chi connectivity index (χ2v) is 3.52. The average Bonchev–Trinajstić information content (AvgIpc) is 2.67. The first kappa shape index (κ1) is 11.6. The van der Waals surface area contributed by atoms with Gasteiger partial charge >= 0.3 is 0 Å². The summed E-state index contributed by atoms with van der Waals surface area (Å²) in [5.74, 6) is 0.473. The molecule has 0 aliphatic rings. The molecule has 1 heterocycles. The molecule has 0 aromatic carbocycles. The monoisotopic (exact) mass is 212 g/mol. The van der Waals surface area contributed by atoms with Gasteiger partial charge in [0.1, 0.15) is 18.8 Å². The molecule has 0 aliphatic heterocycles. The van der Waals surface area contributed by atoms with Crippen molar-refractivity contribution in [2.75, 3.05) is 6.61 Å². The van der Waals surface area contributed by atoms with E-state index in [-0.39, 0.29) is 24.7 Å². The number of ether oxygens (including phenoxy) is 1. The summed E-state index contributed by atoms with van der Waals surface area (Å²) >= 11 is 0. The molecule has 1 rings (SSSR count). The Hall–Kier alpha value is -1.43. The van der Waals surface area contributed by atoms with Crippen LogP contribution >= 0.6 is 0 Å². The van der Waals surface area contributed by atoms with E-state index in [4.69, 9.17) is 4.74 Å². The first-order valence-corrected chi connectivity index (χ1v) is 4.86. The molecule has 15 heavy (non-hydrogen) atoms. The molecule has 0 saturated heterocycles. The number of aromatic amines is 1. The zero-order chi connectivity index (χ0) is 11.3. The fourth-order valence-corrected chi connectivity index (χ4v) is 1.02. The van der Waals surface area contributed by atoms with Crippen LogP contribution in [0.15, 0.2) is 6.33 Å². The number of nitrogens with one attached hydrogen (secondary N) is 2. The zero-order valence-electron chi connectivity index (χ0n) is 9.15.